The number of aromatic nitrogens is 3. The summed E-state index contributed by atoms with van der Waals surface area (Å²) in [4.78, 5) is 4.54. The summed E-state index contributed by atoms with van der Waals surface area (Å²) < 4.78 is 43.0. The molecule has 0 saturated carbocycles. The zero-order valence-corrected chi connectivity index (χ0v) is 21.0. The fourth-order valence-corrected chi connectivity index (χ4v) is 6.40. The van der Waals surface area contributed by atoms with Crippen LogP contribution >= 0.6 is 11.6 Å². The third-order valence-corrected chi connectivity index (χ3v) is 8.96. The number of allylic oxidation sites excluding steroid dienone is 4. The Morgan fingerprint density at radius 3 is 2.74 bits per heavy atom. The molecule has 1 aromatic carbocycles. The van der Waals surface area contributed by atoms with Gasteiger partial charge < -0.3 is 5.32 Å². The van der Waals surface area contributed by atoms with Gasteiger partial charge in [-0.25, -0.2) is 17.8 Å². The zero-order valence-electron chi connectivity index (χ0n) is 19.4. The third kappa shape index (κ3) is 4.74. The lowest BCUT2D eigenvalue weighted by Crippen LogP contribution is -2.40. The van der Waals surface area contributed by atoms with Crippen molar-refractivity contribution >= 4 is 52.0 Å². The van der Waals surface area contributed by atoms with E-state index >= 15 is 0 Å². The van der Waals surface area contributed by atoms with Gasteiger partial charge in [-0.15, -0.1) is 0 Å². The first kappa shape index (κ1) is 24.0. The molecule has 0 unspecified atom stereocenters. The van der Waals surface area contributed by atoms with E-state index in [-0.39, 0.29) is 10.8 Å². The van der Waals surface area contributed by atoms with Gasteiger partial charge in [0.15, 0.2) is 5.65 Å². The first-order chi connectivity index (χ1) is 16.8. The molecule has 7 nitrogen and oxygen atoms in total. The van der Waals surface area contributed by atoms with Crippen molar-refractivity contribution in [3.8, 4) is 0 Å². The van der Waals surface area contributed by atoms with Gasteiger partial charge in [0.1, 0.15) is 24.4 Å². The van der Waals surface area contributed by atoms with Crippen molar-refractivity contribution in [3.63, 3.8) is 0 Å². The second-order valence-corrected chi connectivity index (χ2v) is 11.4. The highest BCUT2D eigenvalue weighted by Crippen LogP contribution is 2.31. The molecule has 5 rings (SSSR count). The Balaban J connectivity index is 1.30. The third-order valence-electron chi connectivity index (χ3n) is 6.63. The van der Waals surface area contributed by atoms with Crippen LogP contribution in [0, 0.1) is 11.7 Å². The highest BCUT2D eigenvalue weighted by molar-refractivity contribution is 7.89. The molecule has 35 heavy (non-hydrogen) atoms. The van der Waals surface area contributed by atoms with Crippen LogP contribution in [0.5, 0.6) is 0 Å². The number of nitrogens with one attached hydrogen (secondary N) is 1. The molecule has 1 N–H and O–H groups in total. The molecule has 1 aliphatic carbocycles. The Kier molecular flexibility index (Phi) is 6.70. The van der Waals surface area contributed by atoms with E-state index in [1.54, 1.807) is 16.8 Å². The number of hydrogen-bond donors (Lipinski definition) is 1. The van der Waals surface area contributed by atoms with E-state index in [0.29, 0.717) is 32.5 Å². The first-order valence-corrected chi connectivity index (χ1v) is 13.6. The summed E-state index contributed by atoms with van der Waals surface area (Å²) in [5, 5.41) is 8.78. The van der Waals surface area contributed by atoms with E-state index in [0.717, 1.165) is 46.1 Å². The van der Waals surface area contributed by atoms with Crippen LogP contribution in [0.25, 0.3) is 11.2 Å². The summed E-state index contributed by atoms with van der Waals surface area (Å²) in [7, 11) is -1.87. The van der Waals surface area contributed by atoms with Gasteiger partial charge in [-0.05, 0) is 49.2 Å². The Morgan fingerprint density at radius 2 is 2.00 bits per heavy atom. The minimum Gasteiger partial charge on any atom is -0.370 e. The topological polar surface area (TPSA) is 79.6 Å². The lowest BCUT2D eigenvalue weighted by atomic mass is 9.98. The summed E-state index contributed by atoms with van der Waals surface area (Å²) in [6.07, 6.45) is 9.00. The molecule has 11 heteroatoms. The van der Waals surface area contributed by atoms with Crippen molar-refractivity contribution in [2.45, 2.75) is 30.6 Å². The molecular weight excluding hydrogens is 488 g/mol. The standard InChI is InChI=1S/C24H26BClFN5O2S/c25-18-15-29-32-23(13-21(30-24(18)32)17-5-1-2-6-19(17)26)28-14-16-9-11-31(12-10-16)35(33,34)22-8-4-3-7-20(22)27/h1,3-5,7-8,13,15-16,28H,2,6,9-12,14,25H2. The zero-order chi connectivity index (χ0) is 24.6. The van der Waals surface area contributed by atoms with Crippen molar-refractivity contribution in [1.29, 1.82) is 0 Å². The van der Waals surface area contributed by atoms with Crippen molar-refractivity contribution < 1.29 is 12.8 Å². The first-order valence-electron chi connectivity index (χ1n) is 11.7. The van der Waals surface area contributed by atoms with Gasteiger partial charge in [0.2, 0.25) is 10.0 Å². The maximum Gasteiger partial charge on any atom is 0.245 e. The largest absolute Gasteiger partial charge is 0.370 e. The average molecular weight is 514 g/mol. The number of rotatable bonds is 6. The molecule has 0 spiro atoms. The lowest BCUT2D eigenvalue weighted by Gasteiger charge is -2.31. The molecule has 0 amide bonds. The van der Waals surface area contributed by atoms with Crippen LogP contribution in [0.2, 0.25) is 0 Å². The van der Waals surface area contributed by atoms with Crippen molar-refractivity contribution in [2.75, 3.05) is 25.0 Å². The monoisotopic (exact) mass is 513 g/mol. The summed E-state index contributed by atoms with van der Waals surface area (Å²) >= 11 is 6.51. The van der Waals surface area contributed by atoms with Crippen LogP contribution in [-0.4, -0.2) is 54.8 Å². The van der Waals surface area contributed by atoms with Gasteiger partial charge in [0.25, 0.3) is 0 Å². The minimum absolute atomic E-state index is 0.262. The summed E-state index contributed by atoms with van der Waals surface area (Å²) in [6, 6.07) is 7.49. The Labute approximate surface area is 210 Å². The van der Waals surface area contributed by atoms with Crippen LogP contribution in [0.3, 0.4) is 0 Å². The second kappa shape index (κ2) is 9.75. The SMILES string of the molecule is Bc1cnn2c(NCC3CCN(S(=O)(=O)c4ccccc4F)CC3)cc(C3=C(Cl)CCC=C3)nc12. The van der Waals surface area contributed by atoms with Gasteiger partial charge in [-0.1, -0.05) is 35.9 Å². The summed E-state index contributed by atoms with van der Waals surface area (Å²) in [5.41, 5.74) is 3.47. The van der Waals surface area contributed by atoms with Gasteiger partial charge in [0.05, 0.1) is 5.69 Å². The molecule has 182 valence electrons. The fourth-order valence-electron chi connectivity index (χ4n) is 4.59. The van der Waals surface area contributed by atoms with Crippen molar-refractivity contribution in [2.24, 2.45) is 5.92 Å². The molecule has 0 bridgehead atoms. The van der Waals surface area contributed by atoms with E-state index in [1.807, 2.05) is 20.0 Å². The molecule has 3 heterocycles. The molecule has 2 aliphatic rings. The molecule has 2 aromatic heterocycles. The molecular formula is C24H26BClFN5O2S. The van der Waals surface area contributed by atoms with Crippen LogP contribution in [-0.2, 0) is 10.0 Å². The van der Waals surface area contributed by atoms with Gasteiger partial charge >= 0.3 is 0 Å². The number of fused-ring (bicyclic) bond motifs is 1. The normalized spacial score (nSPS) is 17.9. The summed E-state index contributed by atoms with van der Waals surface area (Å²) in [5.74, 6) is 0.365. The number of nitrogens with zero attached hydrogens (tertiary/aromatic N) is 4. The van der Waals surface area contributed by atoms with Crippen LogP contribution in [0.4, 0.5) is 10.2 Å². The van der Waals surface area contributed by atoms with E-state index in [9.17, 15) is 12.8 Å². The fraction of sp³-hybridized carbons (Fsp3) is 0.333. The van der Waals surface area contributed by atoms with E-state index < -0.39 is 15.8 Å². The molecule has 1 saturated heterocycles. The number of sulfonamides is 1. The number of halogens is 2. The Hall–Kier alpha value is -2.69. The minimum atomic E-state index is -3.84. The molecule has 1 aliphatic heterocycles. The number of hydrogen-bond acceptors (Lipinski definition) is 5. The van der Waals surface area contributed by atoms with Crippen LogP contribution in [0.15, 0.2) is 58.6 Å². The Bertz CT molecular complexity index is 1430. The number of piperidine rings is 1. The summed E-state index contributed by atoms with van der Waals surface area (Å²) in [6.45, 7) is 1.37. The highest BCUT2D eigenvalue weighted by Gasteiger charge is 2.31. The smallest absolute Gasteiger partial charge is 0.245 e. The highest BCUT2D eigenvalue weighted by atomic mass is 35.5. The van der Waals surface area contributed by atoms with Crippen molar-refractivity contribution in [3.05, 3.63) is 65.2 Å². The van der Waals surface area contributed by atoms with E-state index in [2.05, 4.69) is 16.5 Å². The van der Waals surface area contributed by atoms with Gasteiger partial charge in [0, 0.05) is 42.5 Å². The Morgan fingerprint density at radius 1 is 1.23 bits per heavy atom. The molecule has 0 atom stereocenters. The maximum absolute atomic E-state index is 14.1. The quantitative estimate of drug-likeness (QED) is 0.513. The average Bonchev–Trinajstić information content (AvgIpc) is 3.24. The number of benzene rings is 1. The maximum atomic E-state index is 14.1. The van der Waals surface area contributed by atoms with E-state index in [4.69, 9.17) is 16.6 Å². The predicted octanol–water partition coefficient (Wildman–Crippen LogP) is 2.94. The number of anilines is 1. The van der Waals surface area contributed by atoms with Gasteiger partial charge in [-0.3, -0.25) is 0 Å². The second-order valence-electron chi connectivity index (χ2n) is 9.01. The predicted molar refractivity (Wildman–Crippen MR) is 139 cm³/mol. The van der Waals surface area contributed by atoms with E-state index in [1.165, 1.54) is 22.5 Å². The molecule has 0 radical (unpaired) electrons. The van der Waals surface area contributed by atoms with Crippen LogP contribution < -0.4 is 10.8 Å². The van der Waals surface area contributed by atoms with Gasteiger partial charge in [-0.2, -0.15) is 13.9 Å². The molecule has 1 fully saturated rings. The molecule has 3 aromatic rings. The van der Waals surface area contributed by atoms with Crippen molar-refractivity contribution in [1.82, 2.24) is 18.9 Å². The van der Waals surface area contributed by atoms with Crippen LogP contribution in [0.1, 0.15) is 31.4 Å². The lowest BCUT2D eigenvalue weighted by molar-refractivity contribution is 0.281.